The zero-order valence-corrected chi connectivity index (χ0v) is 96.8. The van der Waals surface area contributed by atoms with Crippen molar-refractivity contribution in [2.24, 2.45) is 23.7 Å². The molecule has 8 N–H and O–H groups in total. The van der Waals surface area contributed by atoms with Crippen molar-refractivity contribution in [2.45, 2.75) is 182 Å². The Labute approximate surface area is 923 Å². The molecular formula is C100H120Br3Cl5I4N12O16. The Kier molecular flexibility index (Phi) is 47.9. The molecule has 4 aromatic heterocycles. The van der Waals surface area contributed by atoms with Gasteiger partial charge in [0.2, 0.25) is 0 Å². The molecule has 0 amide bonds. The molecule has 8 aromatic carbocycles. The highest BCUT2D eigenvalue weighted by Gasteiger charge is 2.31. The molecular weight excluding hydrogens is 2530 g/mol. The summed E-state index contributed by atoms with van der Waals surface area (Å²) in [4.78, 5) is 0. The average molecular weight is 2650 g/mol. The minimum Gasteiger partial charge on any atom is -0.492 e. The number of benzene rings is 8. The van der Waals surface area contributed by atoms with E-state index in [-0.39, 0.29) is 124 Å². The molecule has 0 aliphatic rings. The van der Waals surface area contributed by atoms with Crippen LogP contribution in [0.25, 0.3) is 0 Å². The van der Waals surface area contributed by atoms with E-state index in [9.17, 15) is 40.9 Å². The topological polar surface area (TPSA) is 359 Å². The van der Waals surface area contributed by atoms with Gasteiger partial charge in [-0.15, -0.1) is 66.8 Å². The van der Waals surface area contributed by atoms with E-state index in [1.54, 1.807) is 0 Å². The van der Waals surface area contributed by atoms with Gasteiger partial charge in [-0.1, -0.05) is 188 Å². The highest BCUT2D eigenvalue weighted by Crippen LogP contribution is 2.43. The van der Waals surface area contributed by atoms with Gasteiger partial charge in [0, 0.05) is 68.9 Å². The molecule has 0 bridgehead atoms. The van der Waals surface area contributed by atoms with E-state index < -0.39 is 24.4 Å². The molecule has 0 radical (unpaired) electrons. The maximum atomic E-state index is 10.3. The molecule has 0 spiro atoms. The highest BCUT2D eigenvalue weighted by atomic mass is 123. The van der Waals surface area contributed by atoms with Crippen molar-refractivity contribution in [3.05, 3.63) is 270 Å². The lowest BCUT2D eigenvalue weighted by Crippen LogP contribution is -2.25. The van der Waals surface area contributed by atoms with Crippen molar-refractivity contribution >= 4 is 196 Å². The molecule has 0 saturated carbocycles. The van der Waals surface area contributed by atoms with Crippen molar-refractivity contribution in [3.8, 4) is 46.0 Å². The molecule has 8 atom stereocenters. The largest absolute Gasteiger partial charge is 0.492 e. The van der Waals surface area contributed by atoms with Crippen LogP contribution in [0.5, 0.6) is 46.0 Å². The number of aliphatic hydroxyl groups excluding tert-OH is 8. The SMILES string of the molecule is CC(CCl)COc1ccc(C(C)(C)c2ccc(OCC(O)Cn3nnc([123I])c3CO)cc2)cc1Br.C[C@@H](CCl)COc1ccc(C(C)(C)c2ccc(OC[C@@H](O)Cn3nnc([123I])c3CO)cc2)cc1Br.C[C@H](CCl)COc1ccc(C(C)(C)c2ccc(OC[C@@H](O)Cn3nnc([123I])c3CO)cc2)cc1Cl.C[C@H](CCl)COc1ccc(C(C)(C)c2ccc(OC[C@H](O)Cn3nnc([123I])c3CO)cc2)cc1Br. The Morgan fingerprint density at radius 1 is 0.293 bits per heavy atom. The zero-order valence-electron chi connectivity index (χ0n) is 79.7. The summed E-state index contributed by atoms with van der Waals surface area (Å²) in [6.07, 6.45) is -3.18. The Morgan fingerprint density at radius 3 is 0.679 bits per heavy atom. The summed E-state index contributed by atoms with van der Waals surface area (Å²) in [5, 5.41) is 111. The summed E-state index contributed by atoms with van der Waals surface area (Å²) in [7, 11) is 0. The van der Waals surface area contributed by atoms with Crippen molar-refractivity contribution in [1.29, 1.82) is 0 Å². The molecule has 28 nitrogen and oxygen atoms in total. The Balaban J connectivity index is 0.000000209. The normalized spacial score (nSPS) is 13.5. The van der Waals surface area contributed by atoms with E-state index in [0.717, 1.165) is 75.2 Å². The summed E-state index contributed by atoms with van der Waals surface area (Å²) >= 11 is 48.9. The van der Waals surface area contributed by atoms with Gasteiger partial charge in [-0.25, -0.2) is 18.7 Å². The predicted molar refractivity (Wildman–Crippen MR) is 590 cm³/mol. The molecule has 0 aliphatic carbocycles. The van der Waals surface area contributed by atoms with Crippen LogP contribution in [0, 0.1) is 38.5 Å². The van der Waals surface area contributed by atoms with Crippen LogP contribution in [0.15, 0.2) is 183 Å². The number of aliphatic hydroxyl groups is 8. The summed E-state index contributed by atoms with van der Waals surface area (Å²) in [6, 6.07) is 55.7. The van der Waals surface area contributed by atoms with Crippen LogP contribution in [0.4, 0.5) is 0 Å². The third-order valence-electron chi connectivity index (χ3n) is 23.1. The number of alkyl halides is 4. The fraction of sp³-hybridized carbons (Fsp3) is 0.440. The Hall–Kier alpha value is -5.79. The molecule has 0 saturated heterocycles. The molecule has 0 aliphatic heterocycles. The van der Waals surface area contributed by atoms with Gasteiger partial charge in [0.15, 0.2) is 0 Å². The quantitative estimate of drug-likeness (QED) is 0.0130. The molecule has 2 unspecified atom stereocenters. The van der Waals surface area contributed by atoms with Gasteiger partial charge in [-0.3, -0.25) is 0 Å². The lowest BCUT2D eigenvalue weighted by Gasteiger charge is -2.27. The summed E-state index contributed by atoms with van der Waals surface area (Å²) in [6.45, 7) is 28.1. The molecule has 12 aromatic rings. The molecule has 12 rings (SSSR count). The van der Waals surface area contributed by atoms with E-state index in [4.69, 9.17) is 95.9 Å². The number of ether oxygens (including phenoxy) is 8. The Bertz CT molecular complexity index is 5140. The van der Waals surface area contributed by atoms with Crippen molar-refractivity contribution in [1.82, 2.24) is 60.0 Å². The first-order valence-corrected chi connectivity index (χ1v) is 54.2. The average Bonchev–Trinajstić information content (AvgIpc) is 1.55. The monoisotopic (exact) mass is 2650 g/mol. The van der Waals surface area contributed by atoms with Gasteiger partial charge < -0.3 is 78.7 Å². The number of rotatable bonds is 48. The van der Waals surface area contributed by atoms with Crippen molar-refractivity contribution < 1.29 is 78.7 Å². The number of hydrogen-bond acceptors (Lipinski definition) is 24. The van der Waals surface area contributed by atoms with Gasteiger partial charge in [0.1, 0.15) is 112 Å². The lowest BCUT2D eigenvalue weighted by molar-refractivity contribution is 0.0865. The fourth-order valence-electron chi connectivity index (χ4n) is 13.9. The Morgan fingerprint density at radius 2 is 0.486 bits per heavy atom. The maximum absolute atomic E-state index is 10.3. The first kappa shape index (κ1) is 118. The van der Waals surface area contributed by atoms with Crippen molar-refractivity contribution in [3.63, 3.8) is 0 Å². The number of hydrogen-bond donors (Lipinski definition) is 8. The van der Waals surface area contributed by atoms with Gasteiger partial charge in [0.25, 0.3) is 0 Å². The summed E-state index contributed by atoms with van der Waals surface area (Å²) in [5.74, 6) is 9.01. The van der Waals surface area contributed by atoms with E-state index in [1.807, 2.05) is 231 Å². The molecule has 760 valence electrons. The smallest absolute Gasteiger partial charge is 0.149 e. The third kappa shape index (κ3) is 34.1. The van der Waals surface area contributed by atoms with E-state index >= 15 is 0 Å². The van der Waals surface area contributed by atoms with Crippen LogP contribution < -0.4 is 37.9 Å². The molecule has 140 heavy (non-hydrogen) atoms. The summed E-state index contributed by atoms with van der Waals surface area (Å²) < 4.78 is 57.7. The standard InChI is InChI=1S/3C25H30BrClIN3O4.C25H30Cl2IN3O4/c3*1-16(11-27)14-35-23-9-6-18(10-21(23)26)25(2,3)17-4-7-20(8-5-17)34-15-19(33)12-31-22(13-32)24(28)29-30-31;1-16(11-26)14-35-23-9-6-18(10-21(23)27)25(2,3)17-4-7-20(8-5-17)34-15-19(33)12-31-22(13-32)24(28)29-30-31/h4*4-10,16,19,32-33H,11-15H2,1-3H3/t2*16-,19-;;16-,19+/m10.1/s1/i4*28-4. The van der Waals surface area contributed by atoms with Crippen molar-refractivity contribution in [2.75, 3.05) is 76.4 Å². The second-order valence-electron chi connectivity index (χ2n) is 36.0. The second-order valence-corrected chi connectivity index (χ2v) is 44.3. The highest BCUT2D eigenvalue weighted by molar-refractivity contribution is 14.1. The third-order valence-corrected chi connectivity index (χ3v) is 30.7. The van der Waals surface area contributed by atoms with E-state index in [0.29, 0.717) is 121 Å². The minimum absolute atomic E-state index is 0.0868. The van der Waals surface area contributed by atoms with Crippen LogP contribution in [-0.4, -0.2) is 202 Å². The second kappa shape index (κ2) is 56.9. The minimum atomic E-state index is -0.802. The van der Waals surface area contributed by atoms with Crippen LogP contribution in [0.2, 0.25) is 5.02 Å². The maximum Gasteiger partial charge on any atom is 0.149 e. The van der Waals surface area contributed by atoms with Crippen LogP contribution in [-0.2, 0) is 74.3 Å². The van der Waals surface area contributed by atoms with Gasteiger partial charge in [-0.05, 0) is 280 Å². The molecule has 40 heteroatoms. The molecule has 0 fully saturated rings. The van der Waals surface area contributed by atoms with Gasteiger partial charge in [-0.2, -0.15) is 0 Å². The van der Waals surface area contributed by atoms with Crippen LogP contribution in [0.3, 0.4) is 0 Å². The number of halogens is 12. The van der Waals surface area contributed by atoms with Crippen LogP contribution >= 0.6 is 196 Å². The van der Waals surface area contributed by atoms with Gasteiger partial charge >= 0.3 is 0 Å². The molecule has 4 heterocycles. The zero-order chi connectivity index (χ0) is 102. The van der Waals surface area contributed by atoms with E-state index in [2.05, 4.69) is 202 Å². The predicted octanol–water partition coefficient (Wildman–Crippen LogP) is 20.5. The first-order chi connectivity index (χ1) is 66.6. The van der Waals surface area contributed by atoms with Crippen LogP contribution in [0.1, 0.15) is 150 Å². The first-order valence-electron chi connectivity index (χ1n) is 45.0. The number of nitrogens with zero attached hydrogens (tertiary/aromatic N) is 12. The summed E-state index contributed by atoms with van der Waals surface area (Å²) in [5.41, 5.74) is 10.3. The number of aromatic nitrogens is 12. The lowest BCUT2D eigenvalue weighted by atomic mass is 9.78. The fourth-order valence-corrected chi connectivity index (χ4v) is 18.1. The van der Waals surface area contributed by atoms with E-state index in [1.165, 1.54) is 18.7 Å². The van der Waals surface area contributed by atoms with Gasteiger partial charge in [0.05, 0.1) is 120 Å².